The van der Waals surface area contributed by atoms with Crippen LogP contribution in [0.3, 0.4) is 0 Å². The van der Waals surface area contributed by atoms with Gasteiger partial charge in [0.2, 0.25) is 5.91 Å². The Morgan fingerprint density at radius 3 is 2.26 bits per heavy atom. The molecule has 4 rings (SSSR count). The van der Waals surface area contributed by atoms with Crippen molar-refractivity contribution < 1.29 is 23.7 Å². The van der Waals surface area contributed by atoms with E-state index >= 15 is 0 Å². The Morgan fingerprint density at radius 1 is 0.857 bits per heavy atom. The summed E-state index contributed by atoms with van der Waals surface area (Å²) in [5.74, 6) is 3.50. The molecule has 1 amide bonds. The van der Waals surface area contributed by atoms with Crippen LogP contribution in [0.2, 0.25) is 0 Å². The molecule has 0 spiro atoms. The number of nitrogens with zero attached hydrogens (tertiary/aromatic N) is 1. The van der Waals surface area contributed by atoms with Crippen molar-refractivity contribution in [3.8, 4) is 23.0 Å². The fraction of sp³-hybridized carbons (Fsp3) is 0.321. The van der Waals surface area contributed by atoms with Crippen LogP contribution in [0.5, 0.6) is 23.0 Å². The van der Waals surface area contributed by atoms with Crippen molar-refractivity contribution in [1.82, 2.24) is 4.90 Å². The Bertz CT molecular complexity index is 1170. The lowest BCUT2D eigenvalue weighted by atomic mass is 9.91. The number of methoxy groups -OCH3 is 4. The van der Waals surface area contributed by atoms with Crippen LogP contribution in [0.1, 0.15) is 22.7 Å². The van der Waals surface area contributed by atoms with Crippen molar-refractivity contribution in [3.05, 3.63) is 77.4 Å². The minimum Gasteiger partial charge on any atom is -0.493 e. The van der Waals surface area contributed by atoms with Crippen LogP contribution in [0.4, 0.5) is 0 Å². The number of carbonyl (C=O) groups excluding carboxylic acids is 1. The van der Waals surface area contributed by atoms with Gasteiger partial charge in [-0.25, -0.2) is 0 Å². The van der Waals surface area contributed by atoms with Gasteiger partial charge in [0.15, 0.2) is 23.0 Å². The molecule has 3 aromatic rings. The van der Waals surface area contributed by atoms with Crippen molar-refractivity contribution in [1.29, 1.82) is 0 Å². The van der Waals surface area contributed by atoms with Crippen molar-refractivity contribution in [2.24, 2.45) is 0 Å². The van der Waals surface area contributed by atoms with Gasteiger partial charge in [0, 0.05) is 22.8 Å². The van der Waals surface area contributed by atoms with Crippen molar-refractivity contribution in [3.63, 3.8) is 0 Å². The molecule has 0 saturated heterocycles. The Hall–Kier alpha value is -3.32. The lowest BCUT2D eigenvalue weighted by Gasteiger charge is -2.38. The second-order valence-corrected chi connectivity index (χ2v) is 9.31. The van der Waals surface area contributed by atoms with E-state index in [1.165, 1.54) is 4.90 Å². The number of hydrogen-bond acceptors (Lipinski definition) is 6. The number of hydrogen-bond donors (Lipinski definition) is 0. The monoisotopic (exact) mass is 493 g/mol. The molecule has 1 heterocycles. The first-order valence-electron chi connectivity index (χ1n) is 11.5. The lowest BCUT2D eigenvalue weighted by molar-refractivity contribution is -0.133. The van der Waals surface area contributed by atoms with Crippen LogP contribution in [-0.2, 0) is 17.6 Å². The topological polar surface area (TPSA) is 57.2 Å². The average Bonchev–Trinajstić information content (AvgIpc) is 2.90. The molecule has 0 radical (unpaired) electrons. The number of amides is 1. The molecular formula is C28H31NO5S. The number of ether oxygens (including phenoxy) is 4. The van der Waals surface area contributed by atoms with Gasteiger partial charge >= 0.3 is 0 Å². The summed E-state index contributed by atoms with van der Waals surface area (Å²) in [6.07, 6.45) is 0.995. The molecule has 35 heavy (non-hydrogen) atoms. The minimum absolute atomic E-state index is 0.0863. The summed E-state index contributed by atoms with van der Waals surface area (Å²) < 4.78 is 22.0. The predicted octanol–water partition coefficient (Wildman–Crippen LogP) is 5.18. The summed E-state index contributed by atoms with van der Waals surface area (Å²) >= 11 is 1.75. The first-order valence-corrected chi connectivity index (χ1v) is 12.5. The third-order valence-electron chi connectivity index (χ3n) is 6.31. The molecule has 0 bridgehead atoms. The molecule has 184 valence electrons. The summed E-state index contributed by atoms with van der Waals surface area (Å²) in [6, 6.07) is 20.1. The number of thioether (sulfide) groups is 1. The van der Waals surface area contributed by atoms with Crippen LogP contribution < -0.4 is 18.9 Å². The third-order valence-corrected chi connectivity index (χ3v) is 7.40. The second-order valence-electron chi connectivity index (χ2n) is 8.21. The zero-order chi connectivity index (χ0) is 24.8. The van der Waals surface area contributed by atoms with E-state index in [0.717, 1.165) is 22.4 Å². The van der Waals surface area contributed by atoms with Crippen LogP contribution in [0.15, 0.2) is 65.6 Å². The highest BCUT2D eigenvalue weighted by Gasteiger charge is 2.35. The van der Waals surface area contributed by atoms with E-state index in [9.17, 15) is 4.79 Å². The van der Waals surface area contributed by atoms with Crippen molar-refractivity contribution >= 4 is 17.7 Å². The molecule has 7 heteroatoms. The molecule has 0 saturated carbocycles. The Kier molecular flexibility index (Phi) is 8.08. The van der Waals surface area contributed by atoms with Gasteiger partial charge in [-0.3, -0.25) is 4.79 Å². The minimum atomic E-state index is -0.0867. The molecule has 1 aliphatic rings. The number of carbonyl (C=O) groups is 1. The smallest absolute Gasteiger partial charge is 0.227 e. The van der Waals surface area contributed by atoms with Crippen LogP contribution in [0.25, 0.3) is 0 Å². The molecule has 1 unspecified atom stereocenters. The Balaban J connectivity index is 1.63. The SMILES string of the molecule is COc1ccc(CCN2C(=O)Cc3c(ccc(OC)c3OC)C2CSc2ccccc2)cc1OC. The quantitative estimate of drug-likeness (QED) is 0.363. The van der Waals surface area contributed by atoms with Gasteiger partial charge in [-0.05, 0) is 47.9 Å². The molecule has 6 nitrogen and oxygen atoms in total. The maximum Gasteiger partial charge on any atom is 0.227 e. The fourth-order valence-electron chi connectivity index (χ4n) is 4.53. The van der Waals surface area contributed by atoms with Gasteiger partial charge in [0.25, 0.3) is 0 Å². The molecular weight excluding hydrogens is 462 g/mol. The lowest BCUT2D eigenvalue weighted by Crippen LogP contribution is -2.42. The fourth-order valence-corrected chi connectivity index (χ4v) is 5.59. The van der Waals surface area contributed by atoms with Crippen molar-refractivity contribution in [2.45, 2.75) is 23.8 Å². The Labute approximate surface area is 211 Å². The summed E-state index contributed by atoms with van der Waals surface area (Å²) in [6.45, 7) is 0.599. The molecule has 0 aromatic heterocycles. The third kappa shape index (κ3) is 5.35. The maximum absolute atomic E-state index is 13.5. The zero-order valence-electron chi connectivity index (χ0n) is 20.6. The van der Waals surface area contributed by atoms with Gasteiger partial charge < -0.3 is 23.8 Å². The first kappa shape index (κ1) is 24.8. The van der Waals surface area contributed by atoms with Gasteiger partial charge in [-0.1, -0.05) is 30.3 Å². The summed E-state index contributed by atoms with van der Waals surface area (Å²) in [4.78, 5) is 16.6. The normalized spacial score (nSPS) is 14.9. The first-order chi connectivity index (χ1) is 17.1. The second kappa shape index (κ2) is 11.4. The van der Waals surface area contributed by atoms with Crippen LogP contribution in [-0.4, -0.2) is 51.5 Å². The largest absolute Gasteiger partial charge is 0.493 e. The highest BCUT2D eigenvalue weighted by molar-refractivity contribution is 7.99. The highest BCUT2D eigenvalue weighted by Crippen LogP contribution is 2.43. The molecule has 0 N–H and O–H groups in total. The van der Waals surface area contributed by atoms with E-state index in [2.05, 4.69) is 18.2 Å². The number of rotatable bonds is 10. The zero-order valence-corrected chi connectivity index (χ0v) is 21.4. The molecule has 1 aliphatic heterocycles. The van der Waals surface area contributed by atoms with Crippen molar-refractivity contribution in [2.75, 3.05) is 40.7 Å². The number of benzene rings is 3. The van der Waals surface area contributed by atoms with E-state index in [-0.39, 0.29) is 18.4 Å². The van der Waals surface area contributed by atoms with Crippen LogP contribution in [0, 0.1) is 0 Å². The van der Waals surface area contributed by atoms with E-state index in [1.807, 2.05) is 47.4 Å². The van der Waals surface area contributed by atoms with Crippen LogP contribution >= 0.6 is 11.8 Å². The standard InChI is InChI=1S/C28H31NO5S/c1-31-24-12-10-19(16-26(24)33-3)14-15-29-23(18-35-20-8-6-5-7-9-20)21-11-13-25(32-2)28(34-4)22(21)17-27(29)30/h5-13,16,23H,14-15,17-18H2,1-4H3. The van der Waals surface area contributed by atoms with Gasteiger partial charge in [-0.2, -0.15) is 0 Å². The van der Waals surface area contributed by atoms with Gasteiger partial charge in [0.1, 0.15) is 0 Å². The molecule has 1 atom stereocenters. The van der Waals surface area contributed by atoms with Gasteiger partial charge in [0.05, 0.1) is 40.9 Å². The van der Waals surface area contributed by atoms with E-state index in [1.54, 1.807) is 40.2 Å². The highest BCUT2D eigenvalue weighted by atomic mass is 32.2. The van der Waals surface area contributed by atoms with E-state index in [4.69, 9.17) is 18.9 Å². The number of fused-ring (bicyclic) bond motifs is 1. The summed E-state index contributed by atoms with van der Waals surface area (Å²) in [5.41, 5.74) is 3.11. The summed E-state index contributed by atoms with van der Waals surface area (Å²) in [7, 11) is 6.50. The molecule has 0 aliphatic carbocycles. The predicted molar refractivity (Wildman–Crippen MR) is 138 cm³/mol. The Morgan fingerprint density at radius 2 is 1.57 bits per heavy atom. The summed E-state index contributed by atoms with van der Waals surface area (Å²) in [5, 5.41) is 0. The average molecular weight is 494 g/mol. The van der Waals surface area contributed by atoms with Gasteiger partial charge in [-0.15, -0.1) is 11.8 Å². The molecule has 0 fully saturated rings. The molecule has 3 aromatic carbocycles. The van der Waals surface area contributed by atoms with E-state index in [0.29, 0.717) is 36.0 Å². The maximum atomic E-state index is 13.5. The van der Waals surface area contributed by atoms with E-state index < -0.39 is 0 Å².